The van der Waals surface area contributed by atoms with Crippen molar-refractivity contribution in [1.82, 2.24) is 24.3 Å². The zero-order chi connectivity index (χ0) is 29.8. The predicted molar refractivity (Wildman–Crippen MR) is 129 cm³/mol. The number of rotatable bonds is 3. The first-order valence-corrected chi connectivity index (χ1v) is 12.7. The first-order valence-electron chi connectivity index (χ1n) is 11.8. The van der Waals surface area contributed by atoms with Crippen molar-refractivity contribution in [3.8, 4) is 0 Å². The Morgan fingerprint density at radius 1 is 1.08 bits per heavy atom. The lowest BCUT2D eigenvalue weighted by molar-refractivity contribution is -0.193. The fourth-order valence-corrected chi connectivity index (χ4v) is 5.35. The van der Waals surface area contributed by atoms with Gasteiger partial charge in [-0.15, -0.1) is 11.3 Å². The van der Waals surface area contributed by atoms with Gasteiger partial charge in [-0.05, 0) is 53.8 Å². The van der Waals surface area contributed by atoms with Crippen LogP contribution in [0.1, 0.15) is 55.0 Å². The molecule has 0 bridgehead atoms. The Morgan fingerprint density at radius 2 is 1.59 bits per heavy atom. The minimum atomic E-state index is -5.08. The third-order valence-corrected chi connectivity index (χ3v) is 7.14. The van der Waals surface area contributed by atoms with E-state index in [1.807, 2.05) is 6.20 Å². The molecule has 1 fully saturated rings. The van der Waals surface area contributed by atoms with Crippen LogP contribution in [0.4, 0.5) is 26.3 Å². The Balaban J connectivity index is 0.000000317. The largest absolute Gasteiger partial charge is 0.490 e. The summed E-state index contributed by atoms with van der Waals surface area (Å²) < 4.78 is 65.9. The summed E-state index contributed by atoms with van der Waals surface area (Å²) in [6.07, 6.45) is -5.83. The average Bonchev–Trinajstić information content (AvgIpc) is 3.43. The number of nitrogens with zero attached hydrogens (tertiary/aromatic N) is 5. The molecule has 1 saturated heterocycles. The number of aliphatic carboxylic acids is 2. The number of aryl methyl sites for hydroxylation is 1. The van der Waals surface area contributed by atoms with Crippen molar-refractivity contribution in [2.45, 2.75) is 70.5 Å². The molecule has 4 rings (SSSR count). The molecule has 2 N–H and O–H groups in total. The van der Waals surface area contributed by atoms with E-state index in [9.17, 15) is 26.3 Å². The number of hydrogen-bond donors (Lipinski definition) is 2. The maximum atomic E-state index is 10.6. The molecular weight excluding hydrogens is 556 g/mol. The van der Waals surface area contributed by atoms with E-state index in [0.29, 0.717) is 6.04 Å². The number of hydrogen-bond acceptors (Lipinski definition) is 7. The Kier molecular flexibility index (Phi) is 10.5. The highest BCUT2D eigenvalue weighted by molar-refractivity contribution is 7.09. The van der Waals surface area contributed by atoms with E-state index in [1.54, 1.807) is 11.3 Å². The molecule has 220 valence electrons. The van der Waals surface area contributed by atoms with Gasteiger partial charge in [0.25, 0.3) is 0 Å². The van der Waals surface area contributed by atoms with Gasteiger partial charge >= 0.3 is 24.3 Å². The summed E-state index contributed by atoms with van der Waals surface area (Å²) in [5.74, 6) is -4.34. The molecule has 4 heterocycles. The number of carbonyl (C=O) groups is 2. The first kappa shape index (κ1) is 32.5. The van der Waals surface area contributed by atoms with Crippen LogP contribution in [0.5, 0.6) is 0 Å². The Bertz CT molecular complexity index is 1090. The van der Waals surface area contributed by atoms with Gasteiger partial charge in [-0.1, -0.05) is 0 Å². The second kappa shape index (κ2) is 12.6. The number of alkyl halides is 6. The molecule has 0 radical (unpaired) electrons. The smallest absolute Gasteiger partial charge is 0.475 e. The highest BCUT2D eigenvalue weighted by Gasteiger charge is 2.45. The summed E-state index contributed by atoms with van der Waals surface area (Å²) in [6.45, 7) is 12.1. The molecule has 39 heavy (non-hydrogen) atoms. The van der Waals surface area contributed by atoms with Crippen molar-refractivity contribution in [3.63, 3.8) is 0 Å². The summed E-state index contributed by atoms with van der Waals surface area (Å²) in [4.78, 5) is 32.5. The minimum Gasteiger partial charge on any atom is -0.475 e. The van der Waals surface area contributed by atoms with E-state index in [1.165, 1.54) is 35.1 Å². The Morgan fingerprint density at radius 3 is 2.00 bits per heavy atom. The molecule has 9 nitrogen and oxygen atoms in total. The Labute approximate surface area is 225 Å². The summed E-state index contributed by atoms with van der Waals surface area (Å²) >= 11 is 1.77. The van der Waals surface area contributed by atoms with E-state index < -0.39 is 24.3 Å². The standard InChI is InChI=1S/C19H29N5S.2C2HF3O2/c1-14(2)24-15(3)21-18-16(24)11-23(12-17-20-7-10-25-17)13-19(18)5-8-22(4)9-6-19;2*3-2(4,5)1(6)7/h7,10,14H,5-6,8-9,11-13H2,1-4H3;2*(H,6,7). The molecule has 0 saturated carbocycles. The molecule has 0 amide bonds. The van der Waals surface area contributed by atoms with Gasteiger partial charge in [0.1, 0.15) is 10.8 Å². The van der Waals surface area contributed by atoms with E-state index in [2.05, 4.69) is 52.5 Å². The fraction of sp³-hybridized carbons (Fsp3) is 0.652. The molecule has 2 aromatic rings. The maximum absolute atomic E-state index is 10.6. The summed E-state index contributed by atoms with van der Waals surface area (Å²) in [6, 6.07) is 0.458. The molecule has 2 aliphatic rings. The molecule has 0 aliphatic carbocycles. The molecule has 1 spiro atoms. The number of carboxylic acid groups (broad SMARTS) is 2. The predicted octanol–water partition coefficient (Wildman–Crippen LogP) is 4.47. The van der Waals surface area contributed by atoms with Gasteiger partial charge in [-0.25, -0.2) is 19.6 Å². The highest BCUT2D eigenvalue weighted by atomic mass is 32.1. The van der Waals surface area contributed by atoms with Crippen molar-refractivity contribution < 1.29 is 46.1 Å². The monoisotopic (exact) mass is 587 g/mol. The molecule has 2 aromatic heterocycles. The summed E-state index contributed by atoms with van der Waals surface area (Å²) in [5, 5.41) is 17.6. The van der Waals surface area contributed by atoms with Gasteiger partial charge in [-0.3, -0.25) is 4.90 Å². The van der Waals surface area contributed by atoms with Crippen LogP contribution in [0, 0.1) is 6.92 Å². The third kappa shape index (κ3) is 8.63. The number of likely N-dealkylation sites (tertiary alicyclic amines) is 1. The molecule has 2 aliphatic heterocycles. The van der Waals surface area contributed by atoms with Crippen LogP contribution in [0.2, 0.25) is 0 Å². The lowest BCUT2D eigenvalue weighted by atomic mass is 9.72. The fourth-order valence-electron chi connectivity index (χ4n) is 4.70. The number of carboxylic acids is 2. The number of halogens is 6. The van der Waals surface area contributed by atoms with Gasteiger partial charge < -0.3 is 19.7 Å². The van der Waals surface area contributed by atoms with Crippen molar-refractivity contribution in [2.75, 3.05) is 26.7 Å². The Hall–Kier alpha value is -2.72. The molecule has 0 aromatic carbocycles. The molecule has 0 atom stereocenters. The lowest BCUT2D eigenvalue weighted by Crippen LogP contribution is -2.51. The van der Waals surface area contributed by atoms with Crippen LogP contribution in [0.25, 0.3) is 0 Å². The van der Waals surface area contributed by atoms with Crippen LogP contribution in [0.15, 0.2) is 11.6 Å². The quantitative estimate of drug-likeness (QED) is 0.506. The van der Waals surface area contributed by atoms with E-state index in [-0.39, 0.29) is 5.41 Å². The minimum absolute atomic E-state index is 0.211. The highest BCUT2D eigenvalue weighted by Crippen LogP contribution is 2.42. The zero-order valence-electron chi connectivity index (χ0n) is 21.8. The maximum Gasteiger partial charge on any atom is 0.490 e. The lowest BCUT2D eigenvalue weighted by Gasteiger charge is -2.46. The van der Waals surface area contributed by atoms with E-state index in [0.717, 1.165) is 32.7 Å². The molecule has 16 heteroatoms. The normalized spacial score (nSPS) is 17.6. The van der Waals surface area contributed by atoms with Crippen molar-refractivity contribution in [2.24, 2.45) is 0 Å². The third-order valence-electron chi connectivity index (χ3n) is 6.38. The zero-order valence-corrected chi connectivity index (χ0v) is 22.6. The van der Waals surface area contributed by atoms with E-state index >= 15 is 0 Å². The molecule has 0 unspecified atom stereocenters. The van der Waals surface area contributed by atoms with Gasteiger partial charge in [0, 0.05) is 36.1 Å². The van der Waals surface area contributed by atoms with Crippen molar-refractivity contribution in [3.05, 3.63) is 33.8 Å². The van der Waals surface area contributed by atoms with Gasteiger partial charge in [-0.2, -0.15) is 26.3 Å². The number of thiazole rings is 1. The SMILES string of the molecule is Cc1nc2c(n1C(C)C)CN(Cc1nccs1)CC21CCN(C)CC1.O=C(O)C(F)(F)F.O=C(O)C(F)(F)F. The van der Waals surface area contributed by atoms with E-state index in [4.69, 9.17) is 24.8 Å². The summed E-state index contributed by atoms with van der Waals surface area (Å²) in [7, 11) is 2.24. The average molecular weight is 588 g/mol. The number of piperidine rings is 1. The van der Waals surface area contributed by atoms with Crippen LogP contribution in [-0.2, 0) is 28.1 Å². The first-order chi connectivity index (χ1) is 17.9. The van der Waals surface area contributed by atoms with Crippen LogP contribution >= 0.6 is 11.3 Å². The van der Waals surface area contributed by atoms with Gasteiger partial charge in [0.15, 0.2) is 0 Å². The van der Waals surface area contributed by atoms with Crippen molar-refractivity contribution >= 4 is 23.3 Å². The molecular formula is C23H31F6N5O4S. The van der Waals surface area contributed by atoms with Crippen LogP contribution in [-0.4, -0.2) is 85.5 Å². The number of aromatic nitrogens is 3. The van der Waals surface area contributed by atoms with Crippen LogP contribution in [0.3, 0.4) is 0 Å². The second-order valence-corrected chi connectivity index (χ2v) is 10.7. The number of fused-ring (bicyclic) bond motifs is 2. The van der Waals surface area contributed by atoms with Crippen LogP contribution < -0.4 is 0 Å². The second-order valence-electron chi connectivity index (χ2n) is 9.68. The van der Waals surface area contributed by atoms with Gasteiger partial charge in [0.05, 0.1) is 17.9 Å². The van der Waals surface area contributed by atoms with Crippen molar-refractivity contribution in [1.29, 1.82) is 0 Å². The summed E-state index contributed by atoms with van der Waals surface area (Å²) in [5.41, 5.74) is 3.05. The van der Waals surface area contributed by atoms with Gasteiger partial charge in [0.2, 0.25) is 0 Å². The number of imidazole rings is 1. The topological polar surface area (TPSA) is 112 Å².